The summed E-state index contributed by atoms with van der Waals surface area (Å²) in [6, 6.07) is 8.80. The zero-order chi connectivity index (χ0) is 11.7. The van der Waals surface area contributed by atoms with E-state index in [1.54, 1.807) is 12.1 Å². The summed E-state index contributed by atoms with van der Waals surface area (Å²) in [4.78, 5) is 13.8. The second-order valence-corrected chi connectivity index (χ2v) is 3.91. The first-order valence-electron chi connectivity index (χ1n) is 5.51. The summed E-state index contributed by atoms with van der Waals surface area (Å²) in [5.41, 5.74) is 0.606. The van der Waals surface area contributed by atoms with Gasteiger partial charge >= 0.3 is 0 Å². The molecule has 1 N–H and O–H groups in total. The van der Waals surface area contributed by atoms with Crippen molar-refractivity contribution in [3.05, 3.63) is 52.8 Å². The van der Waals surface area contributed by atoms with Gasteiger partial charge in [0.05, 0.1) is 12.1 Å². The minimum absolute atomic E-state index is 0.0131. The third-order valence-electron chi connectivity index (χ3n) is 2.73. The first-order valence-corrected chi connectivity index (χ1v) is 5.51. The van der Waals surface area contributed by atoms with Crippen LogP contribution >= 0.6 is 0 Å². The van der Waals surface area contributed by atoms with E-state index in [9.17, 15) is 4.79 Å². The van der Waals surface area contributed by atoms with Gasteiger partial charge in [0.1, 0.15) is 5.58 Å². The number of anilines is 1. The molecule has 0 aliphatic carbocycles. The minimum Gasteiger partial charge on any atom is -0.440 e. The van der Waals surface area contributed by atoms with Gasteiger partial charge in [0.15, 0.2) is 5.43 Å². The van der Waals surface area contributed by atoms with Crippen molar-refractivity contribution < 1.29 is 4.42 Å². The van der Waals surface area contributed by atoms with E-state index in [1.807, 2.05) is 29.3 Å². The molecule has 17 heavy (non-hydrogen) atoms. The van der Waals surface area contributed by atoms with Gasteiger partial charge in [-0.15, -0.1) is 0 Å². The lowest BCUT2D eigenvalue weighted by Gasteiger charge is -2.22. The number of hydrogen-bond donors (Lipinski definition) is 1. The highest BCUT2D eigenvalue weighted by Crippen LogP contribution is 2.19. The molecule has 0 saturated heterocycles. The quantitative estimate of drug-likeness (QED) is 0.806. The summed E-state index contributed by atoms with van der Waals surface area (Å²) in [5, 5.41) is 3.79. The first-order chi connectivity index (χ1) is 8.34. The number of hydrogen-bond acceptors (Lipinski definition) is 4. The Bertz CT molecular complexity index is 631. The summed E-state index contributed by atoms with van der Waals surface area (Å²) >= 11 is 0. The van der Waals surface area contributed by atoms with Crippen LogP contribution in [0.5, 0.6) is 0 Å². The molecule has 1 aromatic heterocycles. The molecule has 2 aromatic rings. The predicted octanol–water partition coefficient (Wildman–Crippen LogP) is 1.67. The van der Waals surface area contributed by atoms with Crippen LogP contribution in [-0.4, -0.2) is 13.2 Å². The lowest BCUT2D eigenvalue weighted by Crippen LogP contribution is -2.34. The third kappa shape index (κ3) is 1.83. The van der Waals surface area contributed by atoms with E-state index in [0.717, 1.165) is 6.54 Å². The van der Waals surface area contributed by atoms with Crippen LogP contribution in [0.1, 0.15) is 0 Å². The third-order valence-corrected chi connectivity index (χ3v) is 2.73. The molecule has 1 aliphatic heterocycles. The largest absolute Gasteiger partial charge is 0.440 e. The number of para-hydroxylation sites is 1. The molecule has 4 heteroatoms. The Morgan fingerprint density at radius 1 is 1.29 bits per heavy atom. The highest BCUT2D eigenvalue weighted by Gasteiger charge is 2.10. The summed E-state index contributed by atoms with van der Waals surface area (Å²) in [7, 11) is 0. The maximum absolute atomic E-state index is 11.9. The smallest absolute Gasteiger partial charge is 0.205 e. The Balaban J connectivity index is 2.15. The van der Waals surface area contributed by atoms with E-state index in [4.69, 9.17) is 4.42 Å². The Morgan fingerprint density at radius 2 is 2.18 bits per heavy atom. The topological polar surface area (TPSA) is 45.5 Å². The molecule has 3 rings (SSSR count). The molecule has 2 heterocycles. The molecule has 1 aliphatic rings. The molecule has 0 saturated carbocycles. The monoisotopic (exact) mass is 228 g/mol. The molecular weight excluding hydrogens is 216 g/mol. The molecule has 0 radical (unpaired) electrons. The number of nitrogens with zero attached hydrogens (tertiary/aromatic N) is 1. The molecule has 4 nitrogen and oxygen atoms in total. The predicted molar refractivity (Wildman–Crippen MR) is 67.0 cm³/mol. The second-order valence-electron chi connectivity index (χ2n) is 3.91. The van der Waals surface area contributed by atoms with Crippen molar-refractivity contribution in [3.8, 4) is 0 Å². The van der Waals surface area contributed by atoms with Gasteiger partial charge in [-0.3, -0.25) is 10.1 Å². The van der Waals surface area contributed by atoms with Gasteiger partial charge in [-0.25, -0.2) is 0 Å². The second kappa shape index (κ2) is 4.07. The number of nitrogens with one attached hydrogen (secondary N) is 1. The van der Waals surface area contributed by atoms with E-state index in [-0.39, 0.29) is 5.43 Å². The van der Waals surface area contributed by atoms with Crippen molar-refractivity contribution in [3.63, 3.8) is 0 Å². The van der Waals surface area contributed by atoms with E-state index >= 15 is 0 Å². The summed E-state index contributed by atoms with van der Waals surface area (Å²) in [6.07, 6.45) is 3.90. The number of rotatable bonds is 1. The van der Waals surface area contributed by atoms with Gasteiger partial charge in [0.2, 0.25) is 5.88 Å². The Morgan fingerprint density at radius 3 is 3.00 bits per heavy atom. The summed E-state index contributed by atoms with van der Waals surface area (Å²) < 4.78 is 5.72. The fourth-order valence-electron chi connectivity index (χ4n) is 1.89. The SMILES string of the molecule is O=c1cc(N2C=CCNC2)oc2ccccc12. The molecule has 1 aromatic carbocycles. The molecule has 0 unspecified atom stereocenters. The normalized spacial score (nSPS) is 15.4. The van der Waals surface area contributed by atoms with Crippen molar-refractivity contribution in [2.75, 3.05) is 18.1 Å². The lowest BCUT2D eigenvalue weighted by atomic mass is 10.2. The fraction of sp³-hybridized carbons (Fsp3) is 0.154. The minimum atomic E-state index is -0.0131. The average molecular weight is 228 g/mol. The Labute approximate surface area is 98.2 Å². The zero-order valence-electron chi connectivity index (χ0n) is 9.22. The molecule has 0 bridgehead atoms. The Kier molecular flexibility index (Phi) is 2.42. The van der Waals surface area contributed by atoms with Crippen molar-refractivity contribution in [2.45, 2.75) is 0 Å². The lowest BCUT2D eigenvalue weighted by molar-refractivity contribution is 0.573. The van der Waals surface area contributed by atoms with E-state index in [1.165, 1.54) is 6.07 Å². The van der Waals surface area contributed by atoms with Gasteiger partial charge < -0.3 is 9.32 Å². The van der Waals surface area contributed by atoms with E-state index in [0.29, 0.717) is 23.5 Å². The van der Waals surface area contributed by atoms with E-state index in [2.05, 4.69) is 5.32 Å². The molecule has 86 valence electrons. The van der Waals surface area contributed by atoms with Crippen molar-refractivity contribution in [1.82, 2.24) is 5.32 Å². The van der Waals surface area contributed by atoms with Crippen LogP contribution in [-0.2, 0) is 0 Å². The first kappa shape index (κ1) is 10.1. The highest BCUT2D eigenvalue weighted by atomic mass is 16.4. The number of fused-ring (bicyclic) bond motifs is 1. The van der Waals surface area contributed by atoms with Crippen molar-refractivity contribution in [1.29, 1.82) is 0 Å². The summed E-state index contributed by atoms with van der Waals surface area (Å²) in [6.45, 7) is 1.49. The Hall–Kier alpha value is -2.07. The van der Waals surface area contributed by atoms with Crippen LogP contribution in [0.4, 0.5) is 5.88 Å². The average Bonchev–Trinajstić information content (AvgIpc) is 2.40. The fourth-order valence-corrected chi connectivity index (χ4v) is 1.89. The van der Waals surface area contributed by atoms with Crippen LogP contribution in [0.15, 0.2) is 51.8 Å². The molecule has 0 fully saturated rings. The van der Waals surface area contributed by atoms with Crippen LogP contribution in [0.3, 0.4) is 0 Å². The summed E-state index contributed by atoms with van der Waals surface area (Å²) in [5.74, 6) is 0.567. The van der Waals surface area contributed by atoms with Crippen LogP contribution in [0.2, 0.25) is 0 Å². The van der Waals surface area contributed by atoms with Gasteiger partial charge in [0.25, 0.3) is 0 Å². The van der Waals surface area contributed by atoms with Crippen LogP contribution in [0.25, 0.3) is 11.0 Å². The van der Waals surface area contributed by atoms with Gasteiger partial charge in [0, 0.05) is 18.8 Å². The maximum Gasteiger partial charge on any atom is 0.205 e. The standard InChI is InChI=1S/C13H12N2O2/c16-11-8-13(15-7-3-6-14-9-15)17-12-5-2-1-4-10(11)12/h1-5,7-8,14H,6,9H2. The zero-order valence-corrected chi connectivity index (χ0v) is 9.22. The van der Waals surface area contributed by atoms with Gasteiger partial charge in [-0.1, -0.05) is 18.2 Å². The molecular formula is C13H12N2O2. The van der Waals surface area contributed by atoms with Gasteiger partial charge in [-0.05, 0) is 12.1 Å². The molecule has 0 amide bonds. The number of benzene rings is 1. The van der Waals surface area contributed by atoms with Crippen LogP contribution < -0.4 is 15.6 Å². The highest BCUT2D eigenvalue weighted by molar-refractivity contribution is 5.77. The molecule has 0 atom stereocenters. The van der Waals surface area contributed by atoms with Crippen molar-refractivity contribution in [2.24, 2.45) is 0 Å². The van der Waals surface area contributed by atoms with E-state index < -0.39 is 0 Å². The molecule has 0 spiro atoms. The van der Waals surface area contributed by atoms with Crippen molar-refractivity contribution >= 4 is 16.9 Å². The maximum atomic E-state index is 11.9. The van der Waals surface area contributed by atoms with Crippen LogP contribution in [0, 0.1) is 0 Å². The van der Waals surface area contributed by atoms with Gasteiger partial charge in [-0.2, -0.15) is 0 Å².